The molecule has 0 saturated carbocycles. The maximum atomic E-state index is 11.9. The molecule has 0 radical (unpaired) electrons. The minimum atomic E-state index is -0.0993. The molecule has 2 N–H and O–H groups in total. The van der Waals surface area contributed by atoms with Crippen LogP contribution < -0.4 is 10.6 Å². The molecule has 1 aromatic heterocycles. The van der Waals surface area contributed by atoms with Crippen molar-refractivity contribution in [2.24, 2.45) is 0 Å². The summed E-state index contributed by atoms with van der Waals surface area (Å²) in [6, 6.07) is 10.1. The Morgan fingerprint density at radius 1 is 1.25 bits per heavy atom. The first-order valence-electron chi connectivity index (χ1n) is 6.78. The monoisotopic (exact) mass is 272 g/mol. The Morgan fingerprint density at radius 2 is 2.00 bits per heavy atom. The molecule has 5 nitrogen and oxygen atoms in total. The molecule has 0 aliphatic heterocycles. The topological polar surface area (TPSA) is 58.9 Å². The summed E-state index contributed by atoms with van der Waals surface area (Å²) in [5.74, 6) is -0.0993. The number of carbonyl (C=O) groups is 1. The van der Waals surface area contributed by atoms with Gasteiger partial charge in [-0.1, -0.05) is 32.0 Å². The van der Waals surface area contributed by atoms with Crippen LogP contribution in [0, 0.1) is 0 Å². The summed E-state index contributed by atoms with van der Waals surface area (Å²) in [4.78, 5) is 11.9. The Hall–Kier alpha value is -2.14. The van der Waals surface area contributed by atoms with Gasteiger partial charge in [0.15, 0.2) is 0 Å². The van der Waals surface area contributed by atoms with E-state index in [0.29, 0.717) is 18.2 Å². The number of para-hydroxylation sites is 1. The van der Waals surface area contributed by atoms with E-state index >= 15 is 0 Å². The van der Waals surface area contributed by atoms with Gasteiger partial charge in [0.25, 0.3) is 5.91 Å². The number of nitrogens with one attached hydrogen (secondary N) is 2. The molecule has 20 heavy (non-hydrogen) atoms. The van der Waals surface area contributed by atoms with Crippen molar-refractivity contribution in [2.75, 3.05) is 13.1 Å². The van der Waals surface area contributed by atoms with E-state index in [1.54, 1.807) is 17.1 Å². The van der Waals surface area contributed by atoms with Gasteiger partial charge in [-0.05, 0) is 12.1 Å². The smallest absolute Gasteiger partial charge is 0.254 e. The number of rotatable bonds is 6. The van der Waals surface area contributed by atoms with Crippen LogP contribution in [0.15, 0.2) is 42.7 Å². The molecular weight excluding hydrogens is 252 g/mol. The predicted octanol–water partition coefficient (Wildman–Crippen LogP) is 1.60. The number of nitrogens with zero attached hydrogens (tertiary/aromatic N) is 2. The van der Waals surface area contributed by atoms with Crippen LogP contribution in [-0.2, 0) is 0 Å². The van der Waals surface area contributed by atoms with Gasteiger partial charge in [-0.25, -0.2) is 4.68 Å². The highest BCUT2D eigenvalue weighted by atomic mass is 16.1. The number of hydrogen-bond donors (Lipinski definition) is 2. The van der Waals surface area contributed by atoms with Crippen LogP contribution in [0.5, 0.6) is 0 Å². The van der Waals surface area contributed by atoms with Crippen molar-refractivity contribution in [1.82, 2.24) is 20.4 Å². The number of hydrogen-bond acceptors (Lipinski definition) is 3. The zero-order valence-electron chi connectivity index (χ0n) is 11.8. The molecule has 0 spiro atoms. The van der Waals surface area contributed by atoms with Crippen molar-refractivity contribution >= 4 is 5.91 Å². The van der Waals surface area contributed by atoms with Crippen LogP contribution in [-0.4, -0.2) is 34.8 Å². The third-order valence-electron chi connectivity index (χ3n) is 2.83. The molecule has 0 aliphatic carbocycles. The molecule has 1 heterocycles. The second kappa shape index (κ2) is 6.86. The zero-order valence-corrected chi connectivity index (χ0v) is 11.8. The molecule has 106 valence electrons. The lowest BCUT2D eigenvalue weighted by Gasteiger charge is -2.08. The van der Waals surface area contributed by atoms with Crippen LogP contribution in [0.2, 0.25) is 0 Å². The van der Waals surface area contributed by atoms with Crippen molar-refractivity contribution < 1.29 is 4.79 Å². The number of aromatic nitrogens is 2. The maximum absolute atomic E-state index is 11.9. The van der Waals surface area contributed by atoms with Gasteiger partial charge >= 0.3 is 0 Å². The summed E-state index contributed by atoms with van der Waals surface area (Å²) in [6.07, 6.45) is 3.32. The van der Waals surface area contributed by atoms with E-state index in [2.05, 4.69) is 29.6 Å². The molecule has 0 unspecified atom stereocenters. The van der Waals surface area contributed by atoms with E-state index < -0.39 is 0 Å². The summed E-state index contributed by atoms with van der Waals surface area (Å²) >= 11 is 0. The summed E-state index contributed by atoms with van der Waals surface area (Å²) in [5, 5.41) is 10.3. The number of carbonyl (C=O) groups excluding carboxylic acids is 1. The Kier molecular flexibility index (Phi) is 4.90. The summed E-state index contributed by atoms with van der Waals surface area (Å²) in [7, 11) is 0. The first kappa shape index (κ1) is 14.3. The fourth-order valence-corrected chi connectivity index (χ4v) is 1.80. The minimum Gasteiger partial charge on any atom is -0.351 e. The molecule has 1 amide bonds. The molecule has 0 fully saturated rings. The predicted molar refractivity (Wildman–Crippen MR) is 79.0 cm³/mol. The van der Waals surface area contributed by atoms with Crippen molar-refractivity contribution in [2.45, 2.75) is 19.9 Å². The van der Waals surface area contributed by atoms with Gasteiger partial charge in [0.2, 0.25) is 0 Å². The second-order valence-electron chi connectivity index (χ2n) is 4.87. The van der Waals surface area contributed by atoms with Crippen molar-refractivity contribution in [3.8, 4) is 5.69 Å². The van der Waals surface area contributed by atoms with Crippen molar-refractivity contribution in [1.29, 1.82) is 0 Å². The van der Waals surface area contributed by atoms with Crippen LogP contribution >= 0.6 is 0 Å². The average molecular weight is 272 g/mol. The lowest BCUT2D eigenvalue weighted by Crippen LogP contribution is -2.34. The summed E-state index contributed by atoms with van der Waals surface area (Å²) in [5.41, 5.74) is 1.51. The largest absolute Gasteiger partial charge is 0.351 e. The number of amides is 1. The highest BCUT2D eigenvalue weighted by Crippen LogP contribution is 2.07. The summed E-state index contributed by atoms with van der Waals surface area (Å²) in [6.45, 7) is 5.52. The normalized spacial score (nSPS) is 10.8. The fraction of sp³-hybridized carbons (Fsp3) is 0.333. The molecule has 0 saturated heterocycles. The quantitative estimate of drug-likeness (QED) is 0.785. The maximum Gasteiger partial charge on any atom is 0.254 e. The average Bonchev–Trinajstić information content (AvgIpc) is 2.94. The highest BCUT2D eigenvalue weighted by Gasteiger charge is 2.08. The van der Waals surface area contributed by atoms with Gasteiger partial charge < -0.3 is 10.6 Å². The highest BCUT2D eigenvalue weighted by molar-refractivity contribution is 5.93. The molecular formula is C15H20N4O. The lowest BCUT2D eigenvalue weighted by molar-refractivity contribution is 0.0953. The Bertz CT molecular complexity index is 548. The first-order chi connectivity index (χ1) is 9.66. The third-order valence-corrected chi connectivity index (χ3v) is 2.83. The fourth-order valence-electron chi connectivity index (χ4n) is 1.80. The first-order valence-corrected chi connectivity index (χ1v) is 6.78. The Labute approximate surface area is 119 Å². The molecule has 2 aromatic rings. The standard InChI is InChI=1S/C15H20N4O/c1-12(2)16-8-9-17-15(20)13-10-18-19(11-13)14-6-4-3-5-7-14/h3-7,10-12,16H,8-9H2,1-2H3,(H,17,20). The summed E-state index contributed by atoms with van der Waals surface area (Å²) < 4.78 is 1.70. The third kappa shape index (κ3) is 3.93. The van der Waals surface area contributed by atoms with E-state index in [-0.39, 0.29) is 5.91 Å². The van der Waals surface area contributed by atoms with E-state index in [9.17, 15) is 4.79 Å². The van der Waals surface area contributed by atoms with Gasteiger partial charge in [0, 0.05) is 25.3 Å². The van der Waals surface area contributed by atoms with Crippen LogP contribution in [0.1, 0.15) is 24.2 Å². The van der Waals surface area contributed by atoms with Crippen molar-refractivity contribution in [3.05, 3.63) is 48.3 Å². The molecule has 5 heteroatoms. The number of benzene rings is 1. The van der Waals surface area contributed by atoms with Crippen molar-refractivity contribution in [3.63, 3.8) is 0 Å². The lowest BCUT2D eigenvalue weighted by atomic mass is 10.3. The van der Waals surface area contributed by atoms with Gasteiger partial charge in [-0.2, -0.15) is 5.10 Å². The zero-order chi connectivity index (χ0) is 14.4. The Morgan fingerprint density at radius 3 is 2.70 bits per heavy atom. The Balaban J connectivity index is 1.90. The van der Waals surface area contributed by atoms with Gasteiger partial charge in [-0.15, -0.1) is 0 Å². The second-order valence-corrected chi connectivity index (χ2v) is 4.87. The molecule has 2 rings (SSSR count). The van der Waals surface area contributed by atoms with Gasteiger partial charge in [0.05, 0.1) is 17.4 Å². The van der Waals surface area contributed by atoms with Crippen LogP contribution in [0.25, 0.3) is 5.69 Å². The van der Waals surface area contributed by atoms with E-state index in [0.717, 1.165) is 12.2 Å². The minimum absolute atomic E-state index is 0.0993. The van der Waals surface area contributed by atoms with Gasteiger partial charge in [0.1, 0.15) is 0 Å². The SMILES string of the molecule is CC(C)NCCNC(=O)c1cnn(-c2ccccc2)c1. The van der Waals surface area contributed by atoms with E-state index in [1.165, 1.54) is 0 Å². The molecule has 0 atom stereocenters. The molecule has 0 bridgehead atoms. The van der Waals surface area contributed by atoms with Crippen LogP contribution in [0.4, 0.5) is 0 Å². The molecule has 1 aromatic carbocycles. The van der Waals surface area contributed by atoms with Crippen LogP contribution in [0.3, 0.4) is 0 Å². The molecule has 0 aliphatic rings. The van der Waals surface area contributed by atoms with Gasteiger partial charge in [-0.3, -0.25) is 4.79 Å². The van der Waals surface area contributed by atoms with E-state index in [1.807, 2.05) is 30.3 Å². The van der Waals surface area contributed by atoms with E-state index in [4.69, 9.17) is 0 Å².